The molecule has 0 radical (unpaired) electrons. The van der Waals surface area contributed by atoms with Gasteiger partial charge in [0, 0.05) is 12.1 Å². The zero-order chi connectivity index (χ0) is 13.0. The third kappa shape index (κ3) is 2.59. The van der Waals surface area contributed by atoms with Crippen LogP contribution in [0.15, 0.2) is 12.3 Å². The van der Waals surface area contributed by atoms with Crippen LogP contribution in [0.4, 0.5) is 11.8 Å². The van der Waals surface area contributed by atoms with Crippen molar-refractivity contribution in [3.05, 3.63) is 17.8 Å². The van der Waals surface area contributed by atoms with Crippen molar-refractivity contribution in [2.45, 2.75) is 6.54 Å². The smallest absolute Gasteiger partial charge is 0.229 e. The van der Waals surface area contributed by atoms with Crippen molar-refractivity contribution in [1.82, 2.24) is 20.2 Å². The summed E-state index contributed by atoms with van der Waals surface area (Å²) < 4.78 is 10.1. The minimum atomic E-state index is 0.395. The lowest BCUT2D eigenvalue weighted by Gasteiger charge is -2.07. The van der Waals surface area contributed by atoms with Crippen LogP contribution >= 0.6 is 0 Å². The number of rotatable bonds is 5. The molecule has 2 heterocycles. The molecule has 0 amide bonds. The predicted molar refractivity (Wildman–Crippen MR) is 65.5 cm³/mol. The molecule has 0 aliphatic heterocycles. The molecule has 0 unspecified atom stereocenters. The number of aromatic nitrogens is 4. The topological polar surface area (TPSA) is 111 Å². The van der Waals surface area contributed by atoms with Gasteiger partial charge < -0.3 is 20.5 Å². The number of anilines is 2. The monoisotopic (exact) mass is 250 g/mol. The summed E-state index contributed by atoms with van der Waals surface area (Å²) in [5.74, 6) is 1.75. The van der Waals surface area contributed by atoms with E-state index < -0.39 is 0 Å². The molecule has 4 N–H and O–H groups in total. The molecule has 8 heteroatoms. The molecule has 0 aliphatic carbocycles. The molecule has 18 heavy (non-hydrogen) atoms. The van der Waals surface area contributed by atoms with Gasteiger partial charge in [0.25, 0.3) is 0 Å². The van der Waals surface area contributed by atoms with Crippen molar-refractivity contribution < 1.29 is 9.47 Å². The maximum absolute atomic E-state index is 5.67. The summed E-state index contributed by atoms with van der Waals surface area (Å²) in [4.78, 5) is 8.27. The van der Waals surface area contributed by atoms with Gasteiger partial charge in [-0.2, -0.15) is 15.1 Å². The molecule has 0 saturated heterocycles. The summed E-state index contributed by atoms with van der Waals surface area (Å²) in [7, 11) is 3.05. The molecule has 8 nitrogen and oxygen atoms in total. The maximum Gasteiger partial charge on any atom is 0.229 e. The van der Waals surface area contributed by atoms with E-state index in [0.717, 1.165) is 5.56 Å². The van der Waals surface area contributed by atoms with E-state index in [0.29, 0.717) is 30.1 Å². The zero-order valence-electron chi connectivity index (χ0n) is 10.1. The zero-order valence-corrected chi connectivity index (χ0v) is 10.1. The number of nitrogen functional groups attached to an aromatic ring is 1. The first kappa shape index (κ1) is 12.0. The highest BCUT2D eigenvalue weighted by molar-refractivity contribution is 5.41. The van der Waals surface area contributed by atoms with Gasteiger partial charge in [-0.05, 0) is 0 Å². The third-order valence-electron chi connectivity index (χ3n) is 2.29. The van der Waals surface area contributed by atoms with Crippen molar-refractivity contribution in [3.8, 4) is 11.8 Å². The van der Waals surface area contributed by atoms with Crippen LogP contribution in [0.1, 0.15) is 5.56 Å². The van der Waals surface area contributed by atoms with Gasteiger partial charge in [0.2, 0.25) is 17.7 Å². The molecule has 0 atom stereocenters. The Labute approximate surface area is 104 Å². The molecule has 0 aliphatic rings. The van der Waals surface area contributed by atoms with Crippen molar-refractivity contribution in [2.75, 3.05) is 25.3 Å². The van der Waals surface area contributed by atoms with E-state index in [2.05, 4.69) is 25.5 Å². The fourth-order valence-corrected chi connectivity index (χ4v) is 1.33. The Bertz CT molecular complexity index is 505. The Morgan fingerprint density at radius 3 is 2.44 bits per heavy atom. The van der Waals surface area contributed by atoms with Gasteiger partial charge in [-0.25, -0.2) is 0 Å². The van der Waals surface area contributed by atoms with Crippen molar-refractivity contribution >= 4 is 11.8 Å². The fourth-order valence-electron chi connectivity index (χ4n) is 1.33. The predicted octanol–water partition coefficient (Wildman–Crippen LogP) is 0.411. The first-order valence-electron chi connectivity index (χ1n) is 5.21. The van der Waals surface area contributed by atoms with Crippen molar-refractivity contribution in [2.24, 2.45) is 0 Å². The Kier molecular flexibility index (Phi) is 3.46. The second-order valence-electron chi connectivity index (χ2n) is 3.44. The number of hydrogen-bond donors (Lipinski definition) is 3. The molecular weight excluding hydrogens is 236 g/mol. The summed E-state index contributed by atoms with van der Waals surface area (Å²) in [5.41, 5.74) is 6.50. The summed E-state index contributed by atoms with van der Waals surface area (Å²) >= 11 is 0. The molecule has 2 aromatic rings. The van der Waals surface area contributed by atoms with E-state index in [1.165, 1.54) is 14.2 Å². The Morgan fingerprint density at radius 2 is 1.94 bits per heavy atom. The molecule has 0 saturated carbocycles. The standard InChI is InChI=1S/C10H14N6O2/c1-17-7-3-8(18-2)15-10(14-7)12-4-6-5-13-16-9(6)11/h3,5H,4H2,1-2H3,(H3,11,13,16)(H,12,14,15). The number of nitrogens with two attached hydrogens (primary N) is 1. The lowest BCUT2D eigenvalue weighted by atomic mass is 10.3. The van der Waals surface area contributed by atoms with Crippen LogP contribution in [-0.2, 0) is 6.54 Å². The average Bonchev–Trinajstić information content (AvgIpc) is 2.81. The van der Waals surface area contributed by atoms with E-state index in [1.807, 2.05) is 0 Å². The quantitative estimate of drug-likeness (QED) is 0.704. The van der Waals surface area contributed by atoms with Gasteiger partial charge in [0.15, 0.2) is 0 Å². The second kappa shape index (κ2) is 5.21. The summed E-state index contributed by atoms with van der Waals surface area (Å²) in [5, 5.41) is 9.48. The second-order valence-corrected chi connectivity index (χ2v) is 3.44. The van der Waals surface area contributed by atoms with Crippen molar-refractivity contribution in [1.29, 1.82) is 0 Å². The van der Waals surface area contributed by atoms with E-state index >= 15 is 0 Å². The molecular formula is C10H14N6O2. The minimum absolute atomic E-state index is 0.395. The molecule has 0 bridgehead atoms. The van der Waals surface area contributed by atoms with Gasteiger partial charge >= 0.3 is 0 Å². The van der Waals surface area contributed by atoms with Crippen LogP contribution < -0.4 is 20.5 Å². The van der Waals surface area contributed by atoms with Crippen LogP contribution in [0, 0.1) is 0 Å². The van der Waals surface area contributed by atoms with Crippen LogP contribution in [0.5, 0.6) is 11.8 Å². The van der Waals surface area contributed by atoms with Crippen LogP contribution in [-0.4, -0.2) is 34.4 Å². The normalized spacial score (nSPS) is 10.1. The first-order chi connectivity index (χ1) is 8.72. The maximum atomic E-state index is 5.67. The number of methoxy groups -OCH3 is 2. The van der Waals surface area contributed by atoms with Gasteiger partial charge in [-0.1, -0.05) is 0 Å². The summed E-state index contributed by atoms with van der Waals surface area (Å²) in [6.45, 7) is 0.457. The van der Waals surface area contributed by atoms with Gasteiger partial charge in [0.05, 0.1) is 26.5 Å². The van der Waals surface area contributed by atoms with E-state index in [9.17, 15) is 0 Å². The third-order valence-corrected chi connectivity index (χ3v) is 2.29. The largest absolute Gasteiger partial charge is 0.481 e. The number of hydrogen-bond acceptors (Lipinski definition) is 7. The molecule has 2 aromatic heterocycles. The SMILES string of the molecule is COc1cc(OC)nc(NCc2cn[nH]c2N)n1. The number of nitrogens with one attached hydrogen (secondary N) is 2. The van der Waals surface area contributed by atoms with Gasteiger partial charge in [-0.3, -0.25) is 5.10 Å². The van der Waals surface area contributed by atoms with E-state index in [4.69, 9.17) is 15.2 Å². The highest BCUT2D eigenvalue weighted by Gasteiger charge is 2.06. The van der Waals surface area contributed by atoms with Gasteiger partial charge in [0.1, 0.15) is 5.82 Å². The van der Waals surface area contributed by atoms with Crippen LogP contribution in [0.3, 0.4) is 0 Å². The number of nitrogens with zero attached hydrogens (tertiary/aromatic N) is 3. The average molecular weight is 250 g/mol. The molecule has 0 fully saturated rings. The minimum Gasteiger partial charge on any atom is -0.481 e. The number of aromatic amines is 1. The Hall–Kier alpha value is -2.51. The summed E-state index contributed by atoms with van der Waals surface area (Å²) in [6.07, 6.45) is 1.64. The molecule has 0 aromatic carbocycles. The molecule has 0 spiro atoms. The van der Waals surface area contributed by atoms with Crippen LogP contribution in [0.25, 0.3) is 0 Å². The lowest BCUT2D eigenvalue weighted by Crippen LogP contribution is -2.06. The van der Waals surface area contributed by atoms with E-state index in [-0.39, 0.29) is 0 Å². The summed E-state index contributed by atoms with van der Waals surface area (Å²) in [6, 6.07) is 1.59. The lowest BCUT2D eigenvalue weighted by molar-refractivity contribution is 0.373. The van der Waals surface area contributed by atoms with E-state index in [1.54, 1.807) is 12.3 Å². The van der Waals surface area contributed by atoms with Crippen LogP contribution in [0.2, 0.25) is 0 Å². The van der Waals surface area contributed by atoms with Crippen molar-refractivity contribution in [3.63, 3.8) is 0 Å². The van der Waals surface area contributed by atoms with Gasteiger partial charge in [-0.15, -0.1) is 0 Å². The highest BCUT2D eigenvalue weighted by atomic mass is 16.5. The Balaban J connectivity index is 2.11. The number of H-pyrrole nitrogens is 1. The first-order valence-corrected chi connectivity index (χ1v) is 5.21. The molecule has 96 valence electrons. The fraction of sp³-hybridized carbons (Fsp3) is 0.300. The highest BCUT2D eigenvalue weighted by Crippen LogP contribution is 2.18. The molecule has 2 rings (SSSR count). The Morgan fingerprint density at radius 1 is 1.28 bits per heavy atom. The number of ether oxygens (including phenoxy) is 2.